The minimum atomic E-state index is -4.57. The van der Waals surface area contributed by atoms with Crippen LogP contribution < -0.4 is 11.1 Å². The molecule has 2 nitrogen and oxygen atoms in total. The molecule has 0 saturated heterocycles. The second kappa shape index (κ2) is 3.94. The third-order valence-corrected chi connectivity index (χ3v) is 2.63. The minimum Gasteiger partial charge on any atom is -0.386 e. The number of alkyl halides is 3. The summed E-state index contributed by atoms with van der Waals surface area (Å²) in [6, 6.07) is 2.68. The molecule has 0 spiro atoms. The molecule has 92 valence electrons. The second-order valence-corrected chi connectivity index (χ2v) is 3.84. The maximum Gasteiger partial charge on any atom is 0.416 e. The second-order valence-electron chi connectivity index (χ2n) is 3.84. The molecule has 0 fully saturated rings. The molecule has 17 heavy (non-hydrogen) atoms. The largest absolute Gasteiger partial charge is 0.416 e. The highest BCUT2D eigenvalue weighted by atomic mass is 19.4. The molecule has 0 saturated carbocycles. The van der Waals surface area contributed by atoms with Crippen molar-refractivity contribution in [3.8, 4) is 0 Å². The van der Waals surface area contributed by atoms with E-state index >= 15 is 0 Å². The third-order valence-electron chi connectivity index (χ3n) is 2.63. The van der Waals surface area contributed by atoms with Crippen molar-refractivity contribution in [2.75, 3.05) is 6.54 Å². The summed E-state index contributed by atoms with van der Waals surface area (Å²) < 4.78 is 51.1. The van der Waals surface area contributed by atoms with E-state index in [-0.39, 0.29) is 5.56 Å². The predicted octanol–water partition coefficient (Wildman–Crippen LogP) is 2.33. The SMILES string of the molecule is NC1=CC(c2ccc(F)cc2C(F)(F)F)CN1. The van der Waals surface area contributed by atoms with Gasteiger partial charge in [-0.05, 0) is 23.8 Å². The topological polar surface area (TPSA) is 38.0 Å². The summed E-state index contributed by atoms with van der Waals surface area (Å²) in [4.78, 5) is 0. The van der Waals surface area contributed by atoms with E-state index in [0.717, 1.165) is 12.1 Å². The third kappa shape index (κ3) is 2.35. The number of nitrogens with two attached hydrogens (primary N) is 1. The Morgan fingerprint density at radius 1 is 1.29 bits per heavy atom. The van der Waals surface area contributed by atoms with Crippen molar-refractivity contribution in [1.29, 1.82) is 0 Å². The zero-order valence-electron chi connectivity index (χ0n) is 8.68. The van der Waals surface area contributed by atoms with Crippen molar-refractivity contribution in [3.63, 3.8) is 0 Å². The summed E-state index contributed by atoms with van der Waals surface area (Å²) in [5, 5.41) is 2.74. The van der Waals surface area contributed by atoms with Gasteiger partial charge in [-0.1, -0.05) is 6.07 Å². The first-order valence-electron chi connectivity index (χ1n) is 4.96. The van der Waals surface area contributed by atoms with Crippen molar-refractivity contribution in [2.24, 2.45) is 5.73 Å². The average Bonchev–Trinajstić information content (AvgIpc) is 2.63. The van der Waals surface area contributed by atoms with Crippen molar-refractivity contribution >= 4 is 0 Å². The molecule has 0 aromatic heterocycles. The molecule has 1 aliphatic rings. The first-order valence-corrected chi connectivity index (χ1v) is 4.96. The van der Waals surface area contributed by atoms with Crippen molar-refractivity contribution in [3.05, 3.63) is 47.0 Å². The van der Waals surface area contributed by atoms with Gasteiger partial charge in [-0.2, -0.15) is 13.2 Å². The minimum absolute atomic E-state index is 0.0341. The van der Waals surface area contributed by atoms with E-state index < -0.39 is 23.5 Å². The highest BCUT2D eigenvalue weighted by Crippen LogP contribution is 2.36. The molecule has 1 unspecified atom stereocenters. The molecule has 3 N–H and O–H groups in total. The highest BCUT2D eigenvalue weighted by molar-refractivity contribution is 5.38. The van der Waals surface area contributed by atoms with Gasteiger partial charge in [-0.15, -0.1) is 0 Å². The van der Waals surface area contributed by atoms with Crippen LogP contribution in [-0.2, 0) is 6.18 Å². The van der Waals surface area contributed by atoms with Gasteiger partial charge in [0, 0.05) is 12.5 Å². The van der Waals surface area contributed by atoms with Crippen LogP contribution in [0.25, 0.3) is 0 Å². The predicted molar refractivity (Wildman–Crippen MR) is 54.4 cm³/mol. The van der Waals surface area contributed by atoms with Crippen LogP contribution in [0.1, 0.15) is 17.0 Å². The van der Waals surface area contributed by atoms with Gasteiger partial charge in [0.25, 0.3) is 0 Å². The van der Waals surface area contributed by atoms with E-state index in [0.29, 0.717) is 18.4 Å². The number of nitrogens with one attached hydrogen (secondary N) is 1. The highest BCUT2D eigenvalue weighted by Gasteiger charge is 2.36. The van der Waals surface area contributed by atoms with Crippen LogP contribution in [0.3, 0.4) is 0 Å². The standard InChI is InChI=1S/C11H10F4N2/c12-7-1-2-8(6-3-10(16)17-5-6)9(4-7)11(13,14)15/h1-4,6,17H,5,16H2. The molecule has 2 rings (SSSR count). The molecular weight excluding hydrogens is 236 g/mol. The quantitative estimate of drug-likeness (QED) is 0.746. The summed E-state index contributed by atoms with van der Waals surface area (Å²) in [6.07, 6.45) is -3.06. The maximum absolute atomic E-state index is 12.9. The smallest absolute Gasteiger partial charge is 0.386 e. The fraction of sp³-hybridized carbons (Fsp3) is 0.273. The number of halogens is 4. The Morgan fingerprint density at radius 3 is 2.53 bits per heavy atom. The summed E-state index contributed by atoms with van der Waals surface area (Å²) in [5.41, 5.74) is 4.53. The first-order chi connectivity index (χ1) is 7.88. The van der Waals surface area contributed by atoms with Crippen LogP contribution in [0.5, 0.6) is 0 Å². The van der Waals surface area contributed by atoms with Crippen LogP contribution in [0.2, 0.25) is 0 Å². The van der Waals surface area contributed by atoms with Crippen LogP contribution in [0.4, 0.5) is 17.6 Å². The average molecular weight is 246 g/mol. The van der Waals surface area contributed by atoms with Crippen LogP contribution in [0, 0.1) is 5.82 Å². The van der Waals surface area contributed by atoms with Crippen molar-refractivity contribution in [2.45, 2.75) is 12.1 Å². The summed E-state index contributed by atoms with van der Waals surface area (Å²) >= 11 is 0. The molecule has 0 amide bonds. The van der Waals surface area contributed by atoms with Gasteiger partial charge in [-0.25, -0.2) is 4.39 Å². The summed E-state index contributed by atoms with van der Waals surface area (Å²) in [7, 11) is 0. The maximum atomic E-state index is 12.9. The van der Waals surface area contributed by atoms with Crippen LogP contribution >= 0.6 is 0 Å². The lowest BCUT2D eigenvalue weighted by atomic mass is 9.94. The molecule has 0 aliphatic carbocycles. The number of hydrogen-bond donors (Lipinski definition) is 2. The van der Waals surface area contributed by atoms with E-state index in [1.54, 1.807) is 0 Å². The van der Waals surface area contributed by atoms with Crippen molar-refractivity contribution < 1.29 is 17.6 Å². The molecule has 1 aromatic rings. The fourth-order valence-corrected chi connectivity index (χ4v) is 1.86. The summed E-state index contributed by atoms with van der Waals surface area (Å²) in [5.74, 6) is -1.04. The van der Waals surface area contributed by atoms with E-state index in [2.05, 4.69) is 5.32 Å². The number of rotatable bonds is 1. The van der Waals surface area contributed by atoms with E-state index in [9.17, 15) is 17.6 Å². The van der Waals surface area contributed by atoms with Gasteiger partial charge in [-0.3, -0.25) is 0 Å². The lowest BCUT2D eigenvalue weighted by molar-refractivity contribution is -0.138. The van der Waals surface area contributed by atoms with E-state index in [4.69, 9.17) is 5.73 Å². The van der Waals surface area contributed by atoms with Gasteiger partial charge in [0.15, 0.2) is 0 Å². The lowest BCUT2D eigenvalue weighted by Crippen LogP contribution is -2.18. The fourth-order valence-electron chi connectivity index (χ4n) is 1.86. The zero-order chi connectivity index (χ0) is 12.6. The first kappa shape index (κ1) is 11.8. The number of benzene rings is 1. The Labute approximate surface area is 95.1 Å². The van der Waals surface area contributed by atoms with Gasteiger partial charge in [0.1, 0.15) is 5.82 Å². The normalized spacial score (nSPS) is 20.0. The van der Waals surface area contributed by atoms with E-state index in [1.165, 1.54) is 6.08 Å². The number of hydrogen-bond acceptors (Lipinski definition) is 2. The van der Waals surface area contributed by atoms with Crippen LogP contribution in [-0.4, -0.2) is 6.54 Å². The molecular formula is C11H10F4N2. The van der Waals surface area contributed by atoms with Gasteiger partial charge in [0.2, 0.25) is 0 Å². The molecule has 6 heteroatoms. The Morgan fingerprint density at radius 2 is 2.00 bits per heavy atom. The Bertz CT molecular complexity index is 465. The molecule has 1 atom stereocenters. The molecule has 1 heterocycles. The molecule has 1 aliphatic heterocycles. The van der Waals surface area contributed by atoms with E-state index in [1.807, 2.05) is 0 Å². The van der Waals surface area contributed by atoms with Crippen molar-refractivity contribution in [1.82, 2.24) is 5.32 Å². The van der Waals surface area contributed by atoms with Gasteiger partial charge < -0.3 is 11.1 Å². The molecule has 1 aromatic carbocycles. The Hall–Kier alpha value is -1.72. The van der Waals surface area contributed by atoms with Crippen LogP contribution in [0.15, 0.2) is 30.1 Å². The molecule has 0 bridgehead atoms. The lowest BCUT2D eigenvalue weighted by Gasteiger charge is -2.16. The van der Waals surface area contributed by atoms with Gasteiger partial charge in [0.05, 0.1) is 11.4 Å². The Kier molecular flexibility index (Phi) is 2.73. The zero-order valence-corrected chi connectivity index (χ0v) is 8.68. The Balaban J connectivity index is 2.47. The van der Waals surface area contributed by atoms with Gasteiger partial charge >= 0.3 is 6.18 Å². The summed E-state index contributed by atoms with van der Waals surface area (Å²) in [6.45, 7) is 0.292. The molecule has 0 radical (unpaired) electrons. The monoisotopic (exact) mass is 246 g/mol.